The van der Waals surface area contributed by atoms with Gasteiger partial charge in [-0.05, 0) is 53.2 Å². The largest absolute Gasteiger partial charge is 0.492 e. The van der Waals surface area contributed by atoms with Gasteiger partial charge in [0.05, 0.1) is 17.9 Å². The number of piperazine rings is 1. The number of hydrogen-bond donors (Lipinski definition) is 0. The molecule has 1 aliphatic rings. The summed E-state index contributed by atoms with van der Waals surface area (Å²) in [6.07, 6.45) is 0. The summed E-state index contributed by atoms with van der Waals surface area (Å²) in [5, 5.41) is 0. The minimum Gasteiger partial charge on any atom is -0.492 e. The third-order valence-corrected chi connectivity index (χ3v) is 4.89. The lowest BCUT2D eigenvalue weighted by atomic mass is 10.1. The van der Waals surface area contributed by atoms with E-state index in [0.29, 0.717) is 29.7 Å². The average molecular weight is 407 g/mol. The number of carbonyl (C=O) groups excluding carboxylic acids is 1. The number of anilines is 1. The minimum absolute atomic E-state index is 0.0791. The molecule has 0 atom stereocenters. The van der Waals surface area contributed by atoms with Crippen molar-refractivity contribution in [3.8, 4) is 5.75 Å². The van der Waals surface area contributed by atoms with Gasteiger partial charge in [0.1, 0.15) is 11.6 Å². The molecule has 2 aromatic rings. The SMILES string of the molecule is CCOc1ccccc1N1CCN(C(=O)c2ccc(F)cc2Br)CC1. The lowest BCUT2D eigenvalue weighted by Crippen LogP contribution is -2.49. The maximum Gasteiger partial charge on any atom is 0.255 e. The number of nitrogens with zero attached hydrogens (tertiary/aromatic N) is 2. The summed E-state index contributed by atoms with van der Waals surface area (Å²) >= 11 is 3.28. The van der Waals surface area contributed by atoms with E-state index >= 15 is 0 Å². The van der Waals surface area contributed by atoms with Crippen molar-refractivity contribution in [2.75, 3.05) is 37.7 Å². The monoisotopic (exact) mass is 406 g/mol. The van der Waals surface area contributed by atoms with Crippen LogP contribution in [-0.4, -0.2) is 43.6 Å². The Morgan fingerprint density at radius 3 is 2.56 bits per heavy atom. The van der Waals surface area contributed by atoms with Crippen molar-refractivity contribution in [1.29, 1.82) is 0 Å². The first-order valence-electron chi connectivity index (χ1n) is 8.31. The Hall–Kier alpha value is -2.08. The molecule has 0 saturated carbocycles. The highest BCUT2D eigenvalue weighted by Crippen LogP contribution is 2.29. The fraction of sp³-hybridized carbons (Fsp3) is 0.316. The second-order valence-corrected chi connectivity index (χ2v) is 6.66. The molecular weight excluding hydrogens is 387 g/mol. The molecule has 4 nitrogen and oxygen atoms in total. The van der Waals surface area contributed by atoms with Gasteiger partial charge in [0.25, 0.3) is 5.91 Å². The maximum absolute atomic E-state index is 13.2. The number of hydrogen-bond acceptors (Lipinski definition) is 3. The Morgan fingerprint density at radius 1 is 1.16 bits per heavy atom. The van der Waals surface area contributed by atoms with E-state index in [9.17, 15) is 9.18 Å². The van der Waals surface area contributed by atoms with Crippen LogP contribution >= 0.6 is 15.9 Å². The van der Waals surface area contributed by atoms with E-state index in [1.54, 1.807) is 4.90 Å². The van der Waals surface area contributed by atoms with E-state index in [1.807, 2.05) is 31.2 Å². The quantitative estimate of drug-likeness (QED) is 0.770. The van der Waals surface area contributed by atoms with E-state index in [1.165, 1.54) is 18.2 Å². The Labute approximate surface area is 155 Å². The Bertz CT molecular complexity index is 761. The van der Waals surface area contributed by atoms with E-state index in [2.05, 4.69) is 20.8 Å². The predicted octanol–water partition coefficient (Wildman–Crippen LogP) is 3.95. The normalized spacial score (nSPS) is 14.5. The van der Waals surface area contributed by atoms with Gasteiger partial charge in [-0.2, -0.15) is 0 Å². The first-order valence-corrected chi connectivity index (χ1v) is 9.10. The molecule has 0 bridgehead atoms. The van der Waals surface area contributed by atoms with Crippen LogP contribution in [0.4, 0.5) is 10.1 Å². The van der Waals surface area contributed by atoms with E-state index in [-0.39, 0.29) is 11.7 Å². The lowest BCUT2D eigenvalue weighted by molar-refractivity contribution is 0.0745. The number of carbonyl (C=O) groups is 1. The molecular formula is C19H20BrFN2O2. The summed E-state index contributed by atoms with van der Waals surface area (Å²) in [5.41, 5.74) is 1.55. The van der Waals surface area contributed by atoms with Crippen molar-refractivity contribution in [3.05, 3.63) is 58.3 Å². The van der Waals surface area contributed by atoms with Gasteiger partial charge >= 0.3 is 0 Å². The van der Waals surface area contributed by atoms with Gasteiger partial charge < -0.3 is 14.5 Å². The molecule has 0 N–H and O–H groups in total. The van der Waals surface area contributed by atoms with Crippen molar-refractivity contribution < 1.29 is 13.9 Å². The Balaban J connectivity index is 1.69. The number of ether oxygens (including phenoxy) is 1. The number of rotatable bonds is 4. The van der Waals surface area contributed by atoms with E-state index < -0.39 is 0 Å². The Kier molecular flexibility index (Phi) is 5.58. The molecule has 1 heterocycles. The van der Waals surface area contributed by atoms with Gasteiger partial charge in [-0.1, -0.05) is 12.1 Å². The number of halogens is 2. The molecule has 1 fully saturated rings. The van der Waals surface area contributed by atoms with E-state index in [0.717, 1.165) is 24.5 Å². The highest BCUT2D eigenvalue weighted by atomic mass is 79.9. The zero-order chi connectivity index (χ0) is 17.8. The molecule has 0 radical (unpaired) electrons. The van der Waals surface area contributed by atoms with Crippen LogP contribution in [0.15, 0.2) is 46.9 Å². The van der Waals surface area contributed by atoms with Crippen LogP contribution in [0.25, 0.3) is 0 Å². The van der Waals surface area contributed by atoms with Gasteiger partial charge in [0.2, 0.25) is 0 Å². The van der Waals surface area contributed by atoms with Crippen LogP contribution in [0.1, 0.15) is 17.3 Å². The second kappa shape index (κ2) is 7.87. The molecule has 3 rings (SSSR count). The molecule has 1 saturated heterocycles. The highest BCUT2D eigenvalue weighted by Gasteiger charge is 2.25. The van der Waals surface area contributed by atoms with Crippen LogP contribution in [0, 0.1) is 5.82 Å². The van der Waals surface area contributed by atoms with Gasteiger partial charge in [-0.3, -0.25) is 4.79 Å². The average Bonchev–Trinajstić information content (AvgIpc) is 2.62. The molecule has 2 aromatic carbocycles. The Morgan fingerprint density at radius 2 is 1.88 bits per heavy atom. The van der Waals surface area contributed by atoms with Gasteiger partial charge in [0, 0.05) is 30.7 Å². The first-order chi connectivity index (χ1) is 12.1. The topological polar surface area (TPSA) is 32.8 Å². The van der Waals surface area contributed by atoms with Crippen molar-refractivity contribution in [1.82, 2.24) is 4.90 Å². The van der Waals surface area contributed by atoms with Crippen molar-refractivity contribution >= 4 is 27.5 Å². The summed E-state index contributed by atoms with van der Waals surface area (Å²) in [6, 6.07) is 12.1. The molecule has 0 aromatic heterocycles. The van der Waals surface area contributed by atoms with Gasteiger partial charge in [-0.15, -0.1) is 0 Å². The van der Waals surface area contributed by atoms with E-state index in [4.69, 9.17) is 4.74 Å². The van der Waals surface area contributed by atoms with Crippen LogP contribution in [-0.2, 0) is 0 Å². The fourth-order valence-electron chi connectivity index (χ4n) is 2.98. The molecule has 0 unspecified atom stereocenters. The predicted molar refractivity (Wildman–Crippen MR) is 99.8 cm³/mol. The summed E-state index contributed by atoms with van der Waals surface area (Å²) in [5.74, 6) is 0.427. The smallest absolute Gasteiger partial charge is 0.255 e. The summed E-state index contributed by atoms with van der Waals surface area (Å²) in [7, 11) is 0. The van der Waals surface area contributed by atoms with Crippen LogP contribution in [0.5, 0.6) is 5.75 Å². The molecule has 1 aliphatic heterocycles. The molecule has 0 spiro atoms. The zero-order valence-corrected chi connectivity index (χ0v) is 15.6. The maximum atomic E-state index is 13.2. The summed E-state index contributed by atoms with van der Waals surface area (Å²) < 4.78 is 19.4. The first kappa shape index (κ1) is 17.7. The molecule has 0 aliphatic carbocycles. The molecule has 1 amide bonds. The molecule has 6 heteroatoms. The lowest BCUT2D eigenvalue weighted by Gasteiger charge is -2.36. The third kappa shape index (κ3) is 3.95. The molecule has 25 heavy (non-hydrogen) atoms. The number of para-hydroxylation sites is 2. The number of amides is 1. The van der Waals surface area contributed by atoms with Crippen LogP contribution < -0.4 is 9.64 Å². The standard InChI is InChI=1S/C19H20BrFN2O2/c1-2-25-18-6-4-3-5-17(18)22-9-11-23(12-10-22)19(24)15-8-7-14(21)13-16(15)20/h3-8,13H,2,9-12H2,1H3. The minimum atomic E-state index is -0.360. The zero-order valence-electron chi connectivity index (χ0n) is 14.0. The van der Waals surface area contributed by atoms with Gasteiger partial charge in [0.15, 0.2) is 0 Å². The molecule has 132 valence electrons. The van der Waals surface area contributed by atoms with Gasteiger partial charge in [-0.25, -0.2) is 4.39 Å². The van der Waals surface area contributed by atoms with Crippen molar-refractivity contribution in [3.63, 3.8) is 0 Å². The summed E-state index contributed by atoms with van der Waals surface area (Å²) in [4.78, 5) is 16.7. The highest BCUT2D eigenvalue weighted by molar-refractivity contribution is 9.10. The fourth-order valence-corrected chi connectivity index (χ4v) is 3.50. The van der Waals surface area contributed by atoms with Crippen molar-refractivity contribution in [2.24, 2.45) is 0 Å². The summed E-state index contributed by atoms with van der Waals surface area (Å²) in [6.45, 7) is 5.28. The van der Waals surface area contributed by atoms with Crippen LogP contribution in [0.3, 0.4) is 0 Å². The second-order valence-electron chi connectivity index (χ2n) is 5.80. The van der Waals surface area contributed by atoms with Crippen LogP contribution in [0.2, 0.25) is 0 Å². The third-order valence-electron chi connectivity index (χ3n) is 4.23. The van der Waals surface area contributed by atoms with Crippen molar-refractivity contribution in [2.45, 2.75) is 6.92 Å². The number of benzene rings is 2.